The first-order valence-electron chi connectivity index (χ1n) is 8.94. The van der Waals surface area contributed by atoms with Crippen LogP contribution in [0.1, 0.15) is 24.2 Å². The summed E-state index contributed by atoms with van der Waals surface area (Å²) < 4.78 is 95.1. The zero-order valence-corrected chi connectivity index (χ0v) is 17.6. The van der Waals surface area contributed by atoms with Crippen LogP contribution in [0.5, 0.6) is 0 Å². The number of hydrogen-bond acceptors (Lipinski definition) is 9. The Morgan fingerprint density at radius 2 is 1.91 bits per heavy atom. The number of esters is 1. The lowest BCUT2D eigenvalue weighted by molar-refractivity contribution is -0.249. The summed E-state index contributed by atoms with van der Waals surface area (Å²) in [5.41, 5.74) is 2.07. The van der Waals surface area contributed by atoms with E-state index in [1.165, 1.54) is 19.9 Å². The number of fused-ring (bicyclic) bond motifs is 1. The van der Waals surface area contributed by atoms with Gasteiger partial charge in [0.25, 0.3) is 0 Å². The Hall–Kier alpha value is -3.10. The van der Waals surface area contributed by atoms with Crippen LogP contribution in [0.15, 0.2) is 38.9 Å². The summed E-state index contributed by atoms with van der Waals surface area (Å²) in [4.78, 5) is 21.9. The van der Waals surface area contributed by atoms with Gasteiger partial charge in [-0.15, -0.1) is 0 Å². The molecule has 32 heavy (non-hydrogen) atoms. The standard InChI is InChI=1S/C17H16F5N5O4S/c1-4-32(29,30)11-6-9(14(28)31-3)7-23-13(11)27-8(2)5-10-12(26-27)25-15(24-10)16(18,19)17(20,21)22/h5-8H,4H2,1-3H3,(H,24,25,26). The zero-order chi connectivity index (χ0) is 24.1. The normalized spacial score (nSPS) is 18.9. The SMILES string of the molecule is CCS(=O)(=O)c1cc(C(=O)OC)cnc1N1NC2=NC(C(F)(F)C(F)(F)F)=NC2=CC1C. The number of anilines is 1. The van der Waals surface area contributed by atoms with E-state index >= 15 is 0 Å². The van der Waals surface area contributed by atoms with Crippen molar-refractivity contribution < 1.29 is 39.9 Å². The minimum absolute atomic E-state index is 0.155. The molecule has 1 atom stereocenters. The summed E-state index contributed by atoms with van der Waals surface area (Å²) in [6.07, 6.45) is -3.64. The summed E-state index contributed by atoms with van der Waals surface area (Å²) in [5, 5.41) is 1.11. The van der Waals surface area contributed by atoms with Gasteiger partial charge in [-0.3, -0.25) is 10.4 Å². The van der Waals surface area contributed by atoms with Gasteiger partial charge in [-0.25, -0.2) is 28.2 Å². The van der Waals surface area contributed by atoms with Crippen molar-refractivity contribution in [1.29, 1.82) is 0 Å². The van der Waals surface area contributed by atoms with Gasteiger partial charge in [-0.2, -0.15) is 22.0 Å². The molecule has 3 rings (SSSR count). The van der Waals surface area contributed by atoms with Gasteiger partial charge in [-0.05, 0) is 19.1 Å². The van der Waals surface area contributed by atoms with Crippen LogP contribution in [0.4, 0.5) is 27.8 Å². The van der Waals surface area contributed by atoms with E-state index in [0.29, 0.717) is 0 Å². The Balaban J connectivity index is 2.06. The quantitative estimate of drug-likeness (QED) is 0.507. The van der Waals surface area contributed by atoms with E-state index in [1.54, 1.807) is 0 Å². The molecule has 1 unspecified atom stereocenters. The molecule has 0 radical (unpaired) electrons. The van der Waals surface area contributed by atoms with Gasteiger partial charge in [0.2, 0.25) is 5.84 Å². The molecule has 3 heterocycles. The number of ether oxygens (including phenoxy) is 1. The van der Waals surface area contributed by atoms with Crippen LogP contribution in [0.2, 0.25) is 0 Å². The van der Waals surface area contributed by atoms with Crippen molar-refractivity contribution in [2.45, 2.75) is 36.9 Å². The monoisotopic (exact) mass is 481 g/mol. The molecule has 0 amide bonds. The van der Waals surface area contributed by atoms with Crippen LogP contribution in [-0.2, 0) is 14.6 Å². The second kappa shape index (κ2) is 7.79. The predicted octanol–water partition coefficient (Wildman–Crippen LogP) is 2.27. The molecule has 1 aromatic heterocycles. The maximum atomic E-state index is 13.6. The lowest BCUT2D eigenvalue weighted by Crippen LogP contribution is -2.51. The fraction of sp³-hybridized carbons (Fsp3) is 0.412. The molecule has 15 heteroatoms. The van der Waals surface area contributed by atoms with Crippen molar-refractivity contribution in [3.8, 4) is 0 Å². The number of aromatic nitrogens is 1. The molecule has 174 valence electrons. The van der Waals surface area contributed by atoms with E-state index in [-0.39, 0.29) is 27.7 Å². The number of alkyl halides is 5. The van der Waals surface area contributed by atoms with E-state index in [1.807, 2.05) is 0 Å². The van der Waals surface area contributed by atoms with Crippen LogP contribution >= 0.6 is 0 Å². The first-order chi connectivity index (χ1) is 14.7. The Bertz CT molecular complexity index is 1160. The average molecular weight is 481 g/mol. The fourth-order valence-electron chi connectivity index (χ4n) is 2.82. The number of aliphatic imine (C=N–C) groups is 2. The lowest BCUT2D eigenvalue weighted by atomic mass is 10.2. The molecular weight excluding hydrogens is 465 g/mol. The number of sulfone groups is 1. The van der Waals surface area contributed by atoms with E-state index in [9.17, 15) is 35.2 Å². The number of nitrogens with one attached hydrogen (secondary N) is 1. The molecule has 0 saturated heterocycles. The van der Waals surface area contributed by atoms with Gasteiger partial charge >= 0.3 is 18.1 Å². The predicted molar refractivity (Wildman–Crippen MR) is 102 cm³/mol. The highest BCUT2D eigenvalue weighted by Gasteiger charge is 2.62. The Morgan fingerprint density at radius 1 is 1.25 bits per heavy atom. The number of carbonyl (C=O) groups excluding carboxylic acids is 1. The molecule has 9 nitrogen and oxygen atoms in total. The molecule has 2 aliphatic heterocycles. The number of pyridine rings is 1. The maximum absolute atomic E-state index is 13.6. The number of hydrogen-bond donors (Lipinski definition) is 1. The van der Waals surface area contributed by atoms with Crippen molar-refractivity contribution in [2.75, 3.05) is 17.9 Å². The number of amidine groups is 2. The Morgan fingerprint density at radius 3 is 2.47 bits per heavy atom. The molecule has 1 aromatic rings. The highest BCUT2D eigenvalue weighted by atomic mass is 32.2. The second-order valence-corrected chi connectivity index (χ2v) is 8.93. The van der Waals surface area contributed by atoms with Crippen molar-refractivity contribution >= 4 is 33.3 Å². The van der Waals surface area contributed by atoms with Crippen LogP contribution in [0.3, 0.4) is 0 Å². The number of halogens is 5. The first kappa shape index (κ1) is 23.6. The number of carbonyl (C=O) groups is 1. The molecule has 0 saturated carbocycles. The van der Waals surface area contributed by atoms with E-state index in [0.717, 1.165) is 24.4 Å². The maximum Gasteiger partial charge on any atom is 0.461 e. The summed E-state index contributed by atoms with van der Waals surface area (Å²) in [5.74, 6) is -8.90. The van der Waals surface area contributed by atoms with Crippen molar-refractivity contribution in [3.05, 3.63) is 29.6 Å². The first-order valence-corrected chi connectivity index (χ1v) is 10.6. The largest absolute Gasteiger partial charge is 0.465 e. The van der Waals surface area contributed by atoms with Gasteiger partial charge < -0.3 is 4.74 Å². The van der Waals surface area contributed by atoms with Gasteiger partial charge in [0.1, 0.15) is 10.6 Å². The van der Waals surface area contributed by atoms with Gasteiger partial charge in [0.15, 0.2) is 21.5 Å². The molecule has 0 fully saturated rings. The molecule has 0 aromatic carbocycles. The topological polar surface area (TPSA) is 113 Å². The van der Waals surface area contributed by atoms with Crippen molar-refractivity contribution in [1.82, 2.24) is 10.4 Å². The number of hydrazine groups is 1. The van der Waals surface area contributed by atoms with Crippen LogP contribution in [-0.4, -0.2) is 62.0 Å². The van der Waals surface area contributed by atoms with Gasteiger partial charge in [0.05, 0.1) is 24.5 Å². The number of methoxy groups -OCH3 is 1. The highest BCUT2D eigenvalue weighted by Crippen LogP contribution is 2.39. The zero-order valence-electron chi connectivity index (χ0n) is 16.7. The van der Waals surface area contributed by atoms with Crippen LogP contribution in [0, 0.1) is 0 Å². The van der Waals surface area contributed by atoms with Crippen LogP contribution in [0.25, 0.3) is 0 Å². The summed E-state index contributed by atoms with van der Waals surface area (Å²) in [7, 11) is -2.86. The molecule has 1 N–H and O–H groups in total. The fourth-order valence-corrected chi connectivity index (χ4v) is 3.86. The van der Waals surface area contributed by atoms with Gasteiger partial charge in [0, 0.05) is 6.20 Å². The Kier molecular flexibility index (Phi) is 5.74. The minimum atomic E-state index is -5.90. The molecule has 0 bridgehead atoms. The summed E-state index contributed by atoms with van der Waals surface area (Å²) in [6.45, 7) is 2.85. The Labute approximate surface area is 178 Å². The highest BCUT2D eigenvalue weighted by molar-refractivity contribution is 7.91. The minimum Gasteiger partial charge on any atom is -0.465 e. The van der Waals surface area contributed by atoms with E-state index in [4.69, 9.17) is 0 Å². The summed E-state index contributed by atoms with van der Waals surface area (Å²) >= 11 is 0. The molecule has 2 aliphatic rings. The number of rotatable bonds is 5. The average Bonchev–Trinajstić information content (AvgIpc) is 3.14. The third kappa shape index (κ3) is 3.91. The van der Waals surface area contributed by atoms with Gasteiger partial charge in [-0.1, -0.05) is 6.92 Å². The smallest absolute Gasteiger partial charge is 0.461 e. The van der Waals surface area contributed by atoms with E-state index < -0.39 is 45.6 Å². The summed E-state index contributed by atoms with van der Waals surface area (Å²) in [6, 6.07) is 0.241. The molecular formula is C17H16F5N5O4S. The second-order valence-electron chi connectivity index (χ2n) is 6.68. The van der Waals surface area contributed by atoms with Crippen molar-refractivity contribution in [3.63, 3.8) is 0 Å². The van der Waals surface area contributed by atoms with Crippen LogP contribution < -0.4 is 10.4 Å². The third-order valence-corrected chi connectivity index (χ3v) is 6.28. The number of nitrogens with zero attached hydrogens (tertiary/aromatic N) is 4. The third-order valence-electron chi connectivity index (χ3n) is 4.55. The molecule has 0 spiro atoms. The molecule has 0 aliphatic carbocycles. The lowest BCUT2D eigenvalue weighted by Gasteiger charge is -2.34. The van der Waals surface area contributed by atoms with Crippen molar-refractivity contribution in [2.24, 2.45) is 9.98 Å². The van der Waals surface area contributed by atoms with E-state index in [2.05, 4.69) is 25.1 Å².